The minimum Gasteiger partial charge on any atom is -0.379 e. The molecule has 4 aromatic rings. The predicted octanol–water partition coefficient (Wildman–Crippen LogP) is 6.20. The molecule has 3 nitrogen and oxygen atoms in total. The third-order valence-electron chi connectivity index (χ3n) is 6.44. The van der Waals surface area contributed by atoms with Crippen LogP contribution in [0.2, 0.25) is 0 Å². The number of hydrogen-bond donors (Lipinski definition) is 1. The molecule has 1 unspecified atom stereocenters. The summed E-state index contributed by atoms with van der Waals surface area (Å²) >= 11 is 0. The van der Waals surface area contributed by atoms with Gasteiger partial charge in [0, 0.05) is 6.54 Å². The maximum atomic E-state index is 12.0. The largest absolute Gasteiger partial charge is 0.379 e. The number of aliphatic hydroxyl groups is 1. The van der Waals surface area contributed by atoms with Crippen molar-refractivity contribution in [2.24, 2.45) is 0 Å². The van der Waals surface area contributed by atoms with Crippen LogP contribution in [0.4, 0.5) is 0 Å². The van der Waals surface area contributed by atoms with E-state index < -0.39 is 5.60 Å². The maximum Gasteiger partial charge on any atom is 0.131 e. The summed E-state index contributed by atoms with van der Waals surface area (Å²) in [6.45, 7) is 5.06. The Balaban J connectivity index is 1.56. The molecule has 0 bridgehead atoms. The molecule has 3 heteroatoms. The zero-order valence-corrected chi connectivity index (χ0v) is 19.0. The molecule has 0 fully saturated rings. The Hall–Kier alpha value is -3.17. The fourth-order valence-corrected chi connectivity index (χ4v) is 4.63. The molecule has 0 saturated carbocycles. The molecule has 1 heterocycles. The second kappa shape index (κ2) is 9.97. The first kappa shape index (κ1) is 22.0. The smallest absolute Gasteiger partial charge is 0.131 e. The van der Waals surface area contributed by atoms with Gasteiger partial charge in [0.05, 0.1) is 18.2 Å². The number of hydrogen-bond acceptors (Lipinski definition) is 2. The van der Waals surface area contributed by atoms with Gasteiger partial charge in [-0.3, -0.25) is 0 Å². The van der Waals surface area contributed by atoms with E-state index in [1.54, 1.807) is 0 Å². The van der Waals surface area contributed by atoms with Gasteiger partial charge < -0.3 is 9.67 Å². The predicted molar refractivity (Wildman–Crippen MR) is 131 cm³/mol. The van der Waals surface area contributed by atoms with Crippen LogP contribution in [-0.2, 0) is 18.6 Å². The second-order valence-corrected chi connectivity index (χ2v) is 8.70. The van der Waals surface area contributed by atoms with E-state index in [0.29, 0.717) is 13.0 Å². The summed E-state index contributed by atoms with van der Waals surface area (Å²) in [4.78, 5) is 4.41. The highest BCUT2D eigenvalue weighted by Crippen LogP contribution is 2.35. The van der Waals surface area contributed by atoms with Crippen LogP contribution in [0, 0.1) is 13.8 Å². The van der Waals surface area contributed by atoms with E-state index in [2.05, 4.69) is 53.7 Å². The monoisotopic (exact) mass is 424 g/mol. The van der Waals surface area contributed by atoms with E-state index in [0.717, 1.165) is 30.5 Å². The number of unbranched alkanes of at least 4 members (excludes halogenated alkanes) is 1. The lowest BCUT2D eigenvalue weighted by Crippen LogP contribution is -2.30. The van der Waals surface area contributed by atoms with Crippen LogP contribution in [0.25, 0.3) is 0 Å². The van der Waals surface area contributed by atoms with Crippen molar-refractivity contribution in [1.82, 2.24) is 9.55 Å². The van der Waals surface area contributed by atoms with Crippen LogP contribution in [-0.4, -0.2) is 14.7 Å². The van der Waals surface area contributed by atoms with Gasteiger partial charge in [-0.05, 0) is 67.3 Å². The number of benzene rings is 3. The first-order valence-corrected chi connectivity index (χ1v) is 11.5. The molecule has 1 atom stereocenters. The summed E-state index contributed by atoms with van der Waals surface area (Å²) in [7, 11) is 0. The second-order valence-electron chi connectivity index (χ2n) is 8.70. The Morgan fingerprint density at radius 2 is 1.47 bits per heavy atom. The molecule has 164 valence electrons. The van der Waals surface area contributed by atoms with E-state index in [9.17, 15) is 5.11 Å². The fourth-order valence-electron chi connectivity index (χ4n) is 4.63. The number of imidazole rings is 1. The average molecular weight is 425 g/mol. The van der Waals surface area contributed by atoms with Gasteiger partial charge in [0.15, 0.2) is 0 Å². The quantitative estimate of drug-likeness (QED) is 0.325. The lowest BCUT2D eigenvalue weighted by molar-refractivity contribution is 0.0601. The molecule has 0 aliphatic heterocycles. The van der Waals surface area contributed by atoms with Gasteiger partial charge in [0.2, 0.25) is 0 Å². The molecule has 0 saturated heterocycles. The highest BCUT2D eigenvalue weighted by Gasteiger charge is 2.34. The van der Waals surface area contributed by atoms with E-state index in [-0.39, 0.29) is 0 Å². The number of aryl methyl sites for hydroxylation is 2. The number of aromatic nitrogens is 2. The highest BCUT2D eigenvalue weighted by molar-refractivity contribution is 5.34. The van der Waals surface area contributed by atoms with Gasteiger partial charge in [-0.25, -0.2) is 4.98 Å². The fraction of sp³-hybridized carbons (Fsp3) is 0.276. The van der Waals surface area contributed by atoms with Gasteiger partial charge in [-0.15, -0.1) is 0 Å². The average Bonchev–Trinajstić information content (AvgIpc) is 3.28. The molecular weight excluding hydrogens is 392 g/mol. The van der Waals surface area contributed by atoms with Crippen molar-refractivity contribution in [3.8, 4) is 0 Å². The summed E-state index contributed by atoms with van der Waals surface area (Å²) in [5.74, 6) is 0. The van der Waals surface area contributed by atoms with Crippen LogP contribution in [0.3, 0.4) is 0 Å². The molecule has 0 amide bonds. The van der Waals surface area contributed by atoms with Crippen molar-refractivity contribution >= 4 is 0 Å². The van der Waals surface area contributed by atoms with Crippen LogP contribution in [0.1, 0.15) is 52.8 Å². The van der Waals surface area contributed by atoms with Crippen LogP contribution in [0.5, 0.6) is 0 Å². The normalized spacial score (nSPS) is 13.1. The lowest BCUT2D eigenvalue weighted by atomic mass is 9.85. The molecule has 1 aromatic heterocycles. The molecule has 0 aliphatic carbocycles. The SMILES string of the molecule is Cc1cccc(C)c1CCCCC(O)(c1ccccc1)c1cncn1Cc1ccccc1. The molecule has 3 aromatic carbocycles. The standard InChI is InChI=1S/C29H32N2O/c1-23-12-11-13-24(2)27(23)18-9-10-19-29(32,26-16-7-4-8-17-26)28-20-30-22-31(28)21-25-14-5-3-6-15-25/h3-8,11-17,20,22,32H,9-10,18-19,21H2,1-2H3. The van der Waals surface area contributed by atoms with E-state index in [4.69, 9.17) is 0 Å². The van der Waals surface area contributed by atoms with Crippen molar-refractivity contribution in [2.45, 2.75) is 51.7 Å². The third-order valence-corrected chi connectivity index (χ3v) is 6.44. The summed E-state index contributed by atoms with van der Waals surface area (Å²) in [5.41, 5.74) is 6.02. The van der Waals surface area contributed by atoms with Gasteiger partial charge in [0.25, 0.3) is 0 Å². The van der Waals surface area contributed by atoms with E-state index >= 15 is 0 Å². The van der Waals surface area contributed by atoms with Crippen molar-refractivity contribution in [2.75, 3.05) is 0 Å². The molecule has 0 aliphatic rings. The Morgan fingerprint density at radius 3 is 2.16 bits per heavy atom. The third kappa shape index (κ3) is 4.84. The molecular formula is C29H32N2O. The lowest BCUT2D eigenvalue weighted by Gasteiger charge is -2.30. The Morgan fingerprint density at radius 1 is 0.812 bits per heavy atom. The van der Waals surface area contributed by atoms with E-state index in [1.807, 2.05) is 61.1 Å². The van der Waals surface area contributed by atoms with Crippen molar-refractivity contribution in [1.29, 1.82) is 0 Å². The van der Waals surface area contributed by atoms with Gasteiger partial charge >= 0.3 is 0 Å². The summed E-state index contributed by atoms with van der Waals surface area (Å²) < 4.78 is 2.08. The van der Waals surface area contributed by atoms with Crippen LogP contribution in [0.15, 0.2) is 91.4 Å². The topological polar surface area (TPSA) is 38.1 Å². The Bertz CT molecular complexity index is 1110. The first-order valence-electron chi connectivity index (χ1n) is 11.5. The van der Waals surface area contributed by atoms with Gasteiger partial charge in [-0.2, -0.15) is 0 Å². The molecule has 1 N–H and O–H groups in total. The Kier molecular flexibility index (Phi) is 6.87. The summed E-state index contributed by atoms with van der Waals surface area (Å²) in [5, 5.41) is 12.0. The van der Waals surface area contributed by atoms with Crippen LogP contribution >= 0.6 is 0 Å². The molecule has 32 heavy (non-hydrogen) atoms. The maximum absolute atomic E-state index is 12.0. The van der Waals surface area contributed by atoms with E-state index in [1.165, 1.54) is 22.3 Å². The highest BCUT2D eigenvalue weighted by atomic mass is 16.3. The molecule has 0 radical (unpaired) electrons. The molecule has 4 rings (SSSR count). The zero-order valence-electron chi connectivity index (χ0n) is 19.0. The van der Waals surface area contributed by atoms with Crippen molar-refractivity contribution in [3.05, 3.63) is 125 Å². The summed E-state index contributed by atoms with van der Waals surface area (Å²) in [6.07, 6.45) is 7.30. The zero-order chi connectivity index (χ0) is 22.4. The van der Waals surface area contributed by atoms with Gasteiger partial charge in [0.1, 0.15) is 5.60 Å². The number of rotatable bonds is 9. The van der Waals surface area contributed by atoms with Crippen molar-refractivity contribution in [3.63, 3.8) is 0 Å². The first-order chi connectivity index (χ1) is 15.6. The minimum atomic E-state index is -1.08. The molecule has 0 spiro atoms. The summed E-state index contributed by atoms with van der Waals surface area (Å²) in [6, 6.07) is 26.8. The number of nitrogens with zero attached hydrogens (tertiary/aromatic N) is 2. The van der Waals surface area contributed by atoms with Crippen LogP contribution < -0.4 is 0 Å². The minimum absolute atomic E-state index is 0.655. The Labute approximate surface area is 191 Å². The van der Waals surface area contributed by atoms with Crippen molar-refractivity contribution < 1.29 is 5.11 Å². The van der Waals surface area contributed by atoms with Gasteiger partial charge in [-0.1, -0.05) is 78.9 Å².